The quantitative estimate of drug-likeness (QED) is 0.347. The van der Waals surface area contributed by atoms with Crippen LogP contribution in [0.1, 0.15) is 99.3 Å². The van der Waals surface area contributed by atoms with Gasteiger partial charge in [-0.1, -0.05) is 71.3 Å². The lowest BCUT2D eigenvalue weighted by Gasteiger charge is -2.10. The molecule has 0 amide bonds. The van der Waals surface area contributed by atoms with Crippen LogP contribution in [0.4, 0.5) is 0 Å². The molecule has 3 heteroatoms. The molecule has 2 N–H and O–H groups in total. The first-order chi connectivity index (χ1) is 12.9. The molecule has 1 fully saturated rings. The van der Waals surface area contributed by atoms with Gasteiger partial charge in [0.25, 0.3) is 0 Å². The third-order valence-corrected chi connectivity index (χ3v) is 4.74. The lowest BCUT2D eigenvalue weighted by molar-refractivity contribution is -0.117. The Kier molecular flexibility index (Phi) is 20.8. The first-order valence-corrected chi connectivity index (χ1v) is 11.1. The average molecular weight is 383 g/mol. The van der Waals surface area contributed by atoms with Crippen molar-refractivity contribution in [1.29, 1.82) is 0 Å². The van der Waals surface area contributed by atoms with Crippen LogP contribution in [-0.2, 0) is 4.79 Å². The van der Waals surface area contributed by atoms with Crippen LogP contribution < -0.4 is 0 Å². The fourth-order valence-corrected chi connectivity index (χ4v) is 3.12. The number of aliphatic hydroxyl groups excluding tert-OH is 2. The highest BCUT2D eigenvalue weighted by Gasteiger charge is 2.27. The number of carbonyl (C=O) groups is 1. The molecule has 0 aromatic rings. The molecule has 0 aliphatic heterocycles. The van der Waals surface area contributed by atoms with Crippen LogP contribution in [0.5, 0.6) is 0 Å². The van der Waals surface area contributed by atoms with Gasteiger partial charge < -0.3 is 15.0 Å². The summed E-state index contributed by atoms with van der Waals surface area (Å²) in [5, 5.41) is 19.3. The molecule has 1 rings (SSSR count). The Morgan fingerprint density at radius 1 is 1.19 bits per heavy atom. The van der Waals surface area contributed by atoms with Gasteiger partial charge in [-0.3, -0.25) is 0 Å². The molecule has 0 heterocycles. The van der Waals surface area contributed by atoms with E-state index in [0.29, 0.717) is 17.6 Å². The van der Waals surface area contributed by atoms with Crippen LogP contribution in [0, 0.1) is 11.8 Å². The number of aliphatic hydroxyl groups is 2. The molecule has 0 saturated heterocycles. The molecule has 1 aliphatic carbocycles. The second kappa shape index (κ2) is 19.8. The van der Waals surface area contributed by atoms with E-state index >= 15 is 0 Å². The predicted octanol–water partition coefficient (Wildman–Crippen LogP) is 6.24. The Balaban J connectivity index is 0. The number of unbranched alkanes of at least 4 members (excludes halogenated alkanes) is 3. The fraction of sp³-hybridized carbons (Fsp3) is 0.792. The van der Waals surface area contributed by atoms with E-state index in [9.17, 15) is 15.0 Å². The molecule has 3 nitrogen and oxygen atoms in total. The van der Waals surface area contributed by atoms with Crippen LogP contribution in [0.15, 0.2) is 24.3 Å². The van der Waals surface area contributed by atoms with Gasteiger partial charge in [0.1, 0.15) is 5.78 Å². The Bertz CT molecular complexity index is 387. The highest BCUT2D eigenvalue weighted by atomic mass is 16.3. The lowest BCUT2D eigenvalue weighted by atomic mass is 9.97. The minimum absolute atomic E-state index is 0.137. The van der Waals surface area contributed by atoms with Gasteiger partial charge in [0, 0.05) is 6.42 Å². The molecule has 0 spiro atoms. The topological polar surface area (TPSA) is 57.5 Å². The molecule has 1 saturated carbocycles. The van der Waals surface area contributed by atoms with Gasteiger partial charge in [-0.05, 0) is 57.8 Å². The molecule has 4 atom stereocenters. The van der Waals surface area contributed by atoms with Crippen molar-refractivity contribution in [3.05, 3.63) is 24.3 Å². The number of carbonyl (C=O) groups excluding carboxylic acids is 1. The molecular formula is C24H46O3. The van der Waals surface area contributed by atoms with Crippen molar-refractivity contribution in [1.82, 2.24) is 0 Å². The number of rotatable bonds is 10. The van der Waals surface area contributed by atoms with Crippen molar-refractivity contribution < 1.29 is 15.0 Å². The lowest BCUT2D eigenvalue weighted by Crippen LogP contribution is -2.05. The Morgan fingerprint density at radius 3 is 2.33 bits per heavy atom. The second-order valence-electron chi connectivity index (χ2n) is 7.38. The van der Waals surface area contributed by atoms with Crippen LogP contribution in [-0.4, -0.2) is 28.2 Å². The summed E-state index contributed by atoms with van der Waals surface area (Å²) in [5.41, 5.74) is 0. The van der Waals surface area contributed by atoms with Gasteiger partial charge in [-0.25, -0.2) is 0 Å². The predicted molar refractivity (Wildman–Crippen MR) is 118 cm³/mol. The van der Waals surface area contributed by atoms with Crippen molar-refractivity contribution >= 4 is 5.78 Å². The van der Waals surface area contributed by atoms with Crippen LogP contribution >= 0.6 is 0 Å². The van der Waals surface area contributed by atoms with E-state index in [2.05, 4.69) is 26.0 Å². The van der Waals surface area contributed by atoms with E-state index in [-0.39, 0.29) is 12.2 Å². The van der Waals surface area contributed by atoms with Gasteiger partial charge in [0.2, 0.25) is 0 Å². The molecule has 0 bridgehead atoms. The van der Waals surface area contributed by atoms with Crippen LogP contribution in [0.2, 0.25) is 0 Å². The first kappa shape index (κ1) is 28.3. The van der Waals surface area contributed by atoms with Crippen molar-refractivity contribution in [2.24, 2.45) is 11.8 Å². The van der Waals surface area contributed by atoms with Gasteiger partial charge in [-0.2, -0.15) is 0 Å². The van der Waals surface area contributed by atoms with Gasteiger partial charge >= 0.3 is 0 Å². The van der Waals surface area contributed by atoms with Crippen LogP contribution in [0.3, 0.4) is 0 Å². The SMILES string of the molecule is C/C=C\CCCC(C)=O.CC.CCCCC[C@H](O)/C=C/C1C[C@@H](O)C[C@H]1C. The van der Waals surface area contributed by atoms with Gasteiger partial charge in [-0.15, -0.1) is 0 Å². The molecular weight excluding hydrogens is 336 g/mol. The van der Waals surface area contributed by atoms with Gasteiger partial charge in [0.15, 0.2) is 0 Å². The van der Waals surface area contributed by atoms with Crippen LogP contribution in [0.25, 0.3) is 0 Å². The van der Waals surface area contributed by atoms with Gasteiger partial charge in [0.05, 0.1) is 12.2 Å². The number of allylic oxidation sites excluding steroid dienone is 3. The molecule has 0 aromatic carbocycles. The number of Topliss-reactive ketones (excluding diaryl/α,β-unsaturated/α-hetero) is 1. The first-order valence-electron chi connectivity index (χ1n) is 11.1. The van der Waals surface area contributed by atoms with E-state index in [1.54, 1.807) is 6.92 Å². The zero-order valence-corrected chi connectivity index (χ0v) is 18.8. The van der Waals surface area contributed by atoms with E-state index in [0.717, 1.165) is 44.9 Å². The van der Waals surface area contributed by atoms with Crippen molar-refractivity contribution in [2.45, 2.75) is 112 Å². The Labute approximate surface area is 169 Å². The molecule has 1 unspecified atom stereocenters. The summed E-state index contributed by atoms with van der Waals surface area (Å²) in [5.74, 6) is 1.30. The normalized spacial score (nSPS) is 22.9. The maximum Gasteiger partial charge on any atom is 0.129 e. The zero-order valence-electron chi connectivity index (χ0n) is 18.8. The van der Waals surface area contributed by atoms with E-state index in [4.69, 9.17) is 0 Å². The maximum absolute atomic E-state index is 10.4. The maximum atomic E-state index is 10.4. The summed E-state index contributed by atoms with van der Waals surface area (Å²) >= 11 is 0. The summed E-state index contributed by atoms with van der Waals surface area (Å²) in [7, 11) is 0. The molecule has 27 heavy (non-hydrogen) atoms. The number of hydrogen-bond donors (Lipinski definition) is 2. The Morgan fingerprint density at radius 2 is 1.85 bits per heavy atom. The minimum Gasteiger partial charge on any atom is -0.393 e. The minimum atomic E-state index is -0.295. The average Bonchev–Trinajstić information content (AvgIpc) is 2.97. The van der Waals surface area contributed by atoms with Crippen molar-refractivity contribution in [2.75, 3.05) is 0 Å². The standard InChI is InChI=1S/C14H26O2.C8H14O.C2H6/c1-3-4-5-6-13(15)8-7-12-10-14(16)9-11(12)2;1-3-4-5-6-7-8(2)9;1-2/h7-8,11-16H,3-6,9-10H2,1-2H3;3-4H,5-7H2,1-2H3;1-2H3/b8-7+;4-3-;/t11-,12?,13+,14+;;/m1../s1. The van der Waals surface area contributed by atoms with E-state index in [1.165, 1.54) is 12.8 Å². The van der Waals surface area contributed by atoms with Crippen molar-refractivity contribution in [3.8, 4) is 0 Å². The summed E-state index contributed by atoms with van der Waals surface area (Å²) in [4.78, 5) is 10.4. The smallest absolute Gasteiger partial charge is 0.129 e. The third-order valence-electron chi connectivity index (χ3n) is 4.74. The highest BCUT2D eigenvalue weighted by Crippen LogP contribution is 2.32. The molecule has 160 valence electrons. The summed E-state index contributed by atoms with van der Waals surface area (Å²) < 4.78 is 0. The second-order valence-corrected chi connectivity index (χ2v) is 7.38. The number of ketones is 1. The summed E-state index contributed by atoms with van der Waals surface area (Å²) in [6.45, 7) is 12.0. The summed E-state index contributed by atoms with van der Waals surface area (Å²) in [6.07, 6.45) is 16.6. The molecule has 1 aliphatic rings. The summed E-state index contributed by atoms with van der Waals surface area (Å²) in [6, 6.07) is 0. The third kappa shape index (κ3) is 18.2. The Hall–Kier alpha value is -0.930. The molecule has 0 aromatic heterocycles. The van der Waals surface area contributed by atoms with E-state index in [1.807, 2.05) is 32.9 Å². The van der Waals surface area contributed by atoms with Crippen molar-refractivity contribution in [3.63, 3.8) is 0 Å². The number of hydrogen-bond acceptors (Lipinski definition) is 3. The zero-order chi connectivity index (χ0) is 21.1. The molecule has 0 radical (unpaired) electrons. The highest BCUT2D eigenvalue weighted by molar-refractivity contribution is 5.75. The fourth-order valence-electron chi connectivity index (χ4n) is 3.12. The van der Waals surface area contributed by atoms with E-state index < -0.39 is 0 Å². The monoisotopic (exact) mass is 382 g/mol. The largest absolute Gasteiger partial charge is 0.393 e.